The molecule has 0 amide bonds. The van der Waals surface area contributed by atoms with Gasteiger partial charge in [-0.1, -0.05) is 12.2 Å². The Labute approximate surface area is 48.4 Å². The standard InChI is InChI=1S/C7H7N/c1-3-7-4-2-6(1)5-8-7/h1-3H,4-5H2. The molecule has 40 valence electrons. The van der Waals surface area contributed by atoms with Gasteiger partial charge in [-0.05, 0) is 11.6 Å². The SMILES string of the molecule is C1=CC2=NCC1=CC2. The van der Waals surface area contributed by atoms with Crippen molar-refractivity contribution in [1.29, 1.82) is 0 Å². The Morgan fingerprint density at radius 1 is 1.38 bits per heavy atom. The molecule has 2 heterocycles. The predicted molar refractivity (Wildman–Crippen MR) is 34.1 cm³/mol. The third kappa shape index (κ3) is 0.443. The van der Waals surface area contributed by atoms with Gasteiger partial charge in [0, 0.05) is 12.1 Å². The molecule has 0 saturated carbocycles. The summed E-state index contributed by atoms with van der Waals surface area (Å²) in [5, 5.41) is 0. The molecule has 8 heavy (non-hydrogen) atoms. The molecule has 1 heteroatoms. The van der Waals surface area contributed by atoms with Crippen LogP contribution in [0.1, 0.15) is 6.42 Å². The topological polar surface area (TPSA) is 12.4 Å². The molecule has 0 radical (unpaired) electrons. The second kappa shape index (κ2) is 1.31. The van der Waals surface area contributed by atoms with Crippen molar-refractivity contribution in [1.82, 2.24) is 0 Å². The summed E-state index contributed by atoms with van der Waals surface area (Å²) in [5.74, 6) is 0. The molecule has 3 rings (SSSR count). The van der Waals surface area contributed by atoms with Crippen LogP contribution in [0.15, 0.2) is 28.8 Å². The van der Waals surface area contributed by atoms with Crippen LogP contribution in [0.25, 0.3) is 0 Å². The van der Waals surface area contributed by atoms with Crippen molar-refractivity contribution in [3.8, 4) is 0 Å². The lowest BCUT2D eigenvalue weighted by molar-refractivity contribution is 1.10. The number of allylic oxidation sites excluding steroid dienone is 2. The summed E-state index contributed by atoms with van der Waals surface area (Å²) in [4.78, 5) is 4.26. The minimum absolute atomic E-state index is 0.922. The van der Waals surface area contributed by atoms with Gasteiger partial charge in [0.15, 0.2) is 0 Å². The van der Waals surface area contributed by atoms with Crippen molar-refractivity contribution in [2.75, 3.05) is 6.54 Å². The van der Waals surface area contributed by atoms with Crippen molar-refractivity contribution in [3.63, 3.8) is 0 Å². The Hall–Kier alpha value is -0.850. The van der Waals surface area contributed by atoms with E-state index in [0.29, 0.717) is 0 Å². The van der Waals surface area contributed by atoms with E-state index in [1.807, 2.05) is 0 Å². The monoisotopic (exact) mass is 105 g/mol. The number of hydrogen-bond acceptors (Lipinski definition) is 1. The van der Waals surface area contributed by atoms with Crippen LogP contribution >= 0.6 is 0 Å². The fourth-order valence-corrected chi connectivity index (χ4v) is 1.00. The first kappa shape index (κ1) is 4.07. The Bertz CT molecular complexity index is 169. The molecule has 0 saturated heterocycles. The third-order valence-electron chi connectivity index (χ3n) is 1.53. The molecule has 0 unspecified atom stereocenters. The van der Waals surface area contributed by atoms with Gasteiger partial charge in [-0.3, -0.25) is 4.99 Å². The van der Waals surface area contributed by atoms with Gasteiger partial charge < -0.3 is 0 Å². The van der Waals surface area contributed by atoms with Crippen molar-refractivity contribution in [2.45, 2.75) is 6.42 Å². The van der Waals surface area contributed by atoms with Crippen LogP contribution in [-0.2, 0) is 0 Å². The van der Waals surface area contributed by atoms with Crippen LogP contribution in [0.4, 0.5) is 0 Å². The zero-order chi connectivity index (χ0) is 5.40. The summed E-state index contributed by atoms with van der Waals surface area (Å²) >= 11 is 0. The summed E-state index contributed by atoms with van der Waals surface area (Å²) < 4.78 is 0. The fourth-order valence-electron chi connectivity index (χ4n) is 1.00. The van der Waals surface area contributed by atoms with Crippen molar-refractivity contribution in [3.05, 3.63) is 23.8 Å². The Morgan fingerprint density at radius 3 is 2.50 bits per heavy atom. The first-order valence-corrected chi connectivity index (χ1v) is 2.85. The normalized spacial score (nSPS) is 23.0. The molecule has 0 aromatic carbocycles. The van der Waals surface area contributed by atoms with Gasteiger partial charge in [-0.25, -0.2) is 0 Å². The van der Waals surface area contributed by atoms with E-state index in [0.717, 1.165) is 13.0 Å². The maximum absolute atomic E-state index is 4.26. The van der Waals surface area contributed by atoms with E-state index < -0.39 is 0 Å². The Kier molecular flexibility index (Phi) is 0.668. The highest BCUT2D eigenvalue weighted by Gasteiger charge is 2.06. The van der Waals surface area contributed by atoms with Gasteiger partial charge in [0.25, 0.3) is 0 Å². The lowest BCUT2D eigenvalue weighted by Crippen LogP contribution is -2.07. The largest absolute Gasteiger partial charge is 0.285 e. The molecule has 1 aliphatic carbocycles. The lowest BCUT2D eigenvalue weighted by atomic mass is 10.0. The molecule has 0 atom stereocenters. The number of hydrogen-bond donors (Lipinski definition) is 0. The molecule has 2 aliphatic heterocycles. The molecule has 0 spiro atoms. The zero-order valence-electron chi connectivity index (χ0n) is 4.59. The van der Waals surface area contributed by atoms with Gasteiger partial charge in [-0.15, -0.1) is 0 Å². The first-order valence-electron chi connectivity index (χ1n) is 2.85. The molecular formula is C7H7N. The average molecular weight is 105 g/mol. The first-order chi connectivity index (χ1) is 3.95. The molecule has 2 bridgehead atoms. The smallest absolute Gasteiger partial charge is 0.0640 e. The highest BCUT2D eigenvalue weighted by Crippen LogP contribution is 2.14. The molecule has 0 fully saturated rings. The van der Waals surface area contributed by atoms with Gasteiger partial charge in [-0.2, -0.15) is 0 Å². The summed E-state index contributed by atoms with van der Waals surface area (Å²) in [6.07, 6.45) is 7.54. The fraction of sp³-hybridized carbons (Fsp3) is 0.286. The minimum atomic E-state index is 0.922. The number of nitrogens with zero attached hydrogens (tertiary/aromatic N) is 1. The number of dihydropyridines is 1. The second-order valence-electron chi connectivity index (χ2n) is 2.12. The maximum Gasteiger partial charge on any atom is 0.0640 e. The summed E-state index contributed by atoms with van der Waals surface area (Å²) in [6.45, 7) is 0.922. The quantitative estimate of drug-likeness (QED) is 0.440. The highest BCUT2D eigenvalue weighted by molar-refractivity contribution is 5.99. The molecular weight excluding hydrogens is 98.1 g/mol. The number of rotatable bonds is 0. The second-order valence-corrected chi connectivity index (χ2v) is 2.12. The van der Waals surface area contributed by atoms with Crippen molar-refractivity contribution >= 4 is 5.71 Å². The van der Waals surface area contributed by atoms with E-state index in [-0.39, 0.29) is 0 Å². The molecule has 1 nitrogen and oxygen atoms in total. The molecule has 0 N–H and O–H groups in total. The van der Waals surface area contributed by atoms with Crippen molar-refractivity contribution < 1.29 is 0 Å². The highest BCUT2D eigenvalue weighted by atomic mass is 14.7. The zero-order valence-corrected chi connectivity index (χ0v) is 4.59. The van der Waals surface area contributed by atoms with Crippen LogP contribution in [0.2, 0.25) is 0 Å². The van der Waals surface area contributed by atoms with Crippen LogP contribution in [-0.4, -0.2) is 12.3 Å². The number of fused-ring (bicyclic) bond motifs is 2. The van der Waals surface area contributed by atoms with Crippen LogP contribution in [0.5, 0.6) is 0 Å². The van der Waals surface area contributed by atoms with E-state index in [9.17, 15) is 0 Å². The summed E-state index contributed by atoms with van der Waals surface area (Å²) in [5.41, 5.74) is 2.61. The lowest BCUT2D eigenvalue weighted by Gasteiger charge is -2.12. The number of aliphatic imine (C=N–C) groups is 1. The van der Waals surface area contributed by atoms with E-state index in [2.05, 4.69) is 23.2 Å². The van der Waals surface area contributed by atoms with Crippen molar-refractivity contribution in [2.24, 2.45) is 4.99 Å². The summed E-state index contributed by atoms with van der Waals surface area (Å²) in [7, 11) is 0. The van der Waals surface area contributed by atoms with Crippen LogP contribution in [0.3, 0.4) is 0 Å². The predicted octanol–water partition coefficient (Wildman–Crippen LogP) is 1.33. The summed E-state index contributed by atoms with van der Waals surface area (Å²) in [6, 6.07) is 0. The van der Waals surface area contributed by atoms with Crippen LogP contribution in [0, 0.1) is 0 Å². The molecule has 0 aromatic heterocycles. The Morgan fingerprint density at radius 2 is 2.38 bits per heavy atom. The van der Waals surface area contributed by atoms with E-state index in [4.69, 9.17) is 0 Å². The molecule has 3 aliphatic rings. The third-order valence-corrected chi connectivity index (χ3v) is 1.53. The maximum atomic E-state index is 4.26. The average Bonchev–Trinajstić information content (AvgIpc) is 1.92. The molecule has 0 aromatic rings. The van der Waals surface area contributed by atoms with Gasteiger partial charge >= 0.3 is 0 Å². The van der Waals surface area contributed by atoms with Gasteiger partial charge in [0.2, 0.25) is 0 Å². The Balaban J connectivity index is 2.49. The van der Waals surface area contributed by atoms with E-state index >= 15 is 0 Å². The minimum Gasteiger partial charge on any atom is -0.285 e. The van der Waals surface area contributed by atoms with E-state index in [1.165, 1.54) is 11.3 Å². The van der Waals surface area contributed by atoms with Crippen LogP contribution < -0.4 is 0 Å². The van der Waals surface area contributed by atoms with E-state index in [1.54, 1.807) is 0 Å². The van der Waals surface area contributed by atoms with Gasteiger partial charge in [0.05, 0.1) is 6.54 Å². The van der Waals surface area contributed by atoms with Gasteiger partial charge in [0.1, 0.15) is 0 Å².